The van der Waals surface area contributed by atoms with Crippen molar-refractivity contribution in [2.75, 3.05) is 13.2 Å². The second kappa shape index (κ2) is 14.8. The maximum absolute atomic E-state index is 11.9. The van der Waals surface area contributed by atoms with Gasteiger partial charge < -0.3 is 24.1 Å². The van der Waals surface area contributed by atoms with Crippen molar-refractivity contribution in [2.45, 2.75) is 104 Å². The van der Waals surface area contributed by atoms with Crippen LogP contribution in [0.15, 0.2) is 0 Å². The van der Waals surface area contributed by atoms with E-state index in [1.807, 2.05) is 6.92 Å². The van der Waals surface area contributed by atoms with Gasteiger partial charge in [-0.3, -0.25) is 9.59 Å². The Balaban J connectivity index is 4.45. The highest BCUT2D eigenvalue weighted by Crippen LogP contribution is 2.21. The van der Waals surface area contributed by atoms with Gasteiger partial charge >= 0.3 is 11.9 Å². The van der Waals surface area contributed by atoms with Gasteiger partial charge in [0.2, 0.25) is 0 Å². The molecule has 7 heteroatoms. The molecule has 0 aromatic carbocycles. The van der Waals surface area contributed by atoms with Gasteiger partial charge in [0.05, 0.1) is 19.3 Å². The van der Waals surface area contributed by atoms with Crippen LogP contribution < -0.4 is 0 Å². The molecule has 0 heterocycles. The van der Waals surface area contributed by atoms with E-state index in [1.165, 1.54) is 0 Å². The molecular formula is C20H38O7. The van der Waals surface area contributed by atoms with Crippen molar-refractivity contribution < 1.29 is 33.6 Å². The van der Waals surface area contributed by atoms with Crippen LogP contribution in [0.4, 0.5) is 0 Å². The summed E-state index contributed by atoms with van der Waals surface area (Å²) in [5, 5.41) is 8.60. The summed E-state index contributed by atoms with van der Waals surface area (Å²) in [5.41, 5.74) is 0. The third kappa shape index (κ3) is 13.6. The molecule has 0 aliphatic rings. The second-order valence-electron chi connectivity index (χ2n) is 6.89. The summed E-state index contributed by atoms with van der Waals surface area (Å²) < 4.78 is 23.0. The minimum atomic E-state index is -1.17. The lowest BCUT2D eigenvalue weighted by atomic mass is 10.2. The van der Waals surface area contributed by atoms with Crippen molar-refractivity contribution in [3.63, 3.8) is 0 Å². The monoisotopic (exact) mass is 390 g/mol. The normalized spacial score (nSPS) is 14.0. The van der Waals surface area contributed by atoms with Gasteiger partial charge in [0.15, 0.2) is 0 Å². The topological polar surface area (TPSA) is 91.3 Å². The van der Waals surface area contributed by atoms with Crippen LogP contribution >= 0.6 is 0 Å². The van der Waals surface area contributed by atoms with Crippen LogP contribution in [0, 0.1) is 0 Å². The van der Waals surface area contributed by atoms with Crippen molar-refractivity contribution in [3.05, 3.63) is 0 Å². The first-order valence-corrected chi connectivity index (χ1v) is 10.1. The highest BCUT2D eigenvalue weighted by molar-refractivity contribution is 5.70. The van der Waals surface area contributed by atoms with Crippen molar-refractivity contribution in [1.29, 1.82) is 0 Å². The molecular weight excluding hydrogens is 352 g/mol. The lowest BCUT2D eigenvalue weighted by Gasteiger charge is -2.34. The van der Waals surface area contributed by atoms with Gasteiger partial charge in [0.1, 0.15) is 6.10 Å². The maximum Gasteiger partial charge on any atom is 0.306 e. The van der Waals surface area contributed by atoms with E-state index < -0.39 is 24.2 Å². The minimum absolute atomic E-state index is 0.0604. The van der Waals surface area contributed by atoms with Crippen LogP contribution in [0.2, 0.25) is 0 Å². The first kappa shape index (κ1) is 25.8. The molecule has 1 N–H and O–H groups in total. The van der Waals surface area contributed by atoms with Gasteiger partial charge in [-0.15, -0.1) is 0 Å². The van der Waals surface area contributed by atoms with E-state index in [1.54, 1.807) is 13.8 Å². The van der Waals surface area contributed by atoms with Gasteiger partial charge in [0.25, 0.3) is 5.97 Å². The zero-order valence-corrected chi connectivity index (χ0v) is 17.6. The summed E-state index contributed by atoms with van der Waals surface area (Å²) in [4.78, 5) is 22.4. The number of carboxylic acid groups (broad SMARTS) is 1. The van der Waals surface area contributed by atoms with Crippen LogP contribution in [0.3, 0.4) is 0 Å². The van der Waals surface area contributed by atoms with Crippen molar-refractivity contribution in [2.24, 2.45) is 0 Å². The summed E-state index contributed by atoms with van der Waals surface area (Å²) >= 11 is 0. The Morgan fingerprint density at radius 1 is 0.889 bits per heavy atom. The minimum Gasteiger partial charge on any atom is -0.481 e. The van der Waals surface area contributed by atoms with Gasteiger partial charge in [-0.05, 0) is 39.5 Å². The molecule has 2 atom stereocenters. The van der Waals surface area contributed by atoms with E-state index >= 15 is 0 Å². The van der Waals surface area contributed by atoms with E-state index in [9.17, 15) is 9.59 Å². The Hall–Kier alpha value is -1.18. The van der Waals surface area contributed by atoms with Crippen molar-refractivity contribution >= 4 is 11.9 Å². The van der Waals surface area contributed by atoms with E-state index in [2.05, 4.69) is 13.8 Å². The Kier molecular flexibility index (Phi) is 14.2. The quantitative estimate of drug-likeness (QED) is 0.225. The van der Waals surface area contributed by atoms with Crippen LogP contribution in [0.1, 0.15) is 86.0 Å². The molecule has 0 aliphatic carbocycles. The van der Waals surface area contributed by atoms with Crippen molar-refractivity contribution in [3.8, 4) is 0 Å². The summed E-state index contributed by atoms with van der Waals surface area (Å²) in [7, 11) is 0. The molecule has 0 aromatic heterocycles. The standard InChI is InChI=1S/C20H38O7/c1-6-8-14-24-20(5,25-15-9-7-2)27-17(4)16(3)26-19(23)13-11-10-12-18(21)22/h16-17H,6-15H2,1-5H3,(H,21,22). The molecule has 0 fully saturated rings. The molecule has 27 heavy (non-hydrogen) atoms. The molecule has 0 bridgehead atoms. The molecule has 0 saturated carbocycles. The van der Waals surface area contributed by atoms with Gasteiger partial charge in [-0.1, -0.05) is 26.7 Å². The van der Waals surface area contributed by atoms with E-state index in [-0.39, 0.29) is 18.8 Å². The molecule has 7 nitrogen and oxygen atoms in total. The molecule has 0 spiro atoms. The lowest BCUT2D eigenvalue weighted by Crippen LogP contribution is -2.43. The van der Waals surface area contributed by atoms with E-state index in [0.717, 1.165) is 25.7 Å². The fourth-order valence-electron chi connectivity index (χ4n) is 2.25. The maximum atomic E-state index is 11.9. The molecule has 0 aliphatic heterocycles. The number of carbonyl (C=O) groups is 2. The number of hydrogen-bond acceptors (Lipinski definition) is 6. The average molecular weight is 391 g/mol. The molecule has 0 amide bonds. The van der Waals surface area contributed by atoms with E-state index in [4.69, 9.17) is 24.1 Å². The zero-order valence-electron chi connectivity index (χ0n) is 17.6. The highest BCUT2D eigenvalue weighted by Gasteiger charge is 2.32. The number of esters is 1. The third-order valence-corrected chi connectivity index (χ3v) is 4.12. The van der Waals surface area contributed by atoms with Gasteiger partial charge in [-0.25, -0.2) is 0 Å². The van der Waals surface area contributed by atoms with Crippen LogP contribution in [0.25, 0.3) is 0 Å². The summed E-state index contributed by atoms with van der Waals surface area (Å²) in [6.07, 6.45) is 4.16. The molecule has 0 rings (SSSR count). The first-order chi connectivity index (χ1) is 12.7. The average Bonchev–Trinajstić information content (AvgIpc) is 2.59. The number of ether oxygens (including phenoxy) is 4. The van der Waals surface area contributed by atoms with Crippen LogP contribution in [-0.4, -0.2) is 48.4 Å². The molecule has 160 valence electrons. The molecule has 0 radical (unpaired) electrons. The number of carbonyl (C=O) groups excluding carboxylic acids is 1. The molecule has 0 saturated heterocycles. The van der Waals surface area contributed by atoms with E-state index in [0.29, 0.717) is 26.1 Å². The number of rotatable bonds is 17. The SMILES string of the molecule is CCCCOC(C)(OCCCC)OC(C)C(C)OC(=O)CCCCC(=O)O. The Bertz CT molecular complexity index is 401. The largest absolute Gasteiger partial charge is 0.481 e. The fourth-order valence-corrected chi connectivity index (χ4v) is 2.25. The number of hydrogen-bond donors (Lipinski definition) is 1. The van der Waals surface area contributed by atoms with Gasteiger partial charge in [-0.2, -0.15) is 0 Å². The Labute approximate surface area is 163 Å². The predicted molar refractivity (Wildman–Crippen MR) is 102 cm³/mol. The lowest BCUT2D eigenvalue weighted by molar-refractivity contribution is -0.387. The third-order valence-electron chi connectivity index (χ3n) is 4.12. The first-order valence-electron chi connectivity index (χ1n) is 10.1. The summed E-state index contributed by atoms with van der Waals surface area (Å²) in [6, 6.07) is 0. The molecule has 2 unspecified atom stereocenters. The fraction of sp³-hybridized carbons (Fsp3) is 0.900. The molecule has 0 aromatic rings. The Morgan fingerprint density at radius 2 is 1.41 bits per heavy atom. The number of carboxylic acids is 1. The summed E-state index contributed by atoms with van der Waals surface area (Å²) in [5.74, 6) is -2.39. The van der Waals surface area contributed by atoms with Crippen LogP contribution in [-0.2, 0) is 28.5 Å². The smallest absolute Gasteiger partial charge is 0.306 e. The van der Waals surface area contributed by atoms with Crippen LogP contribution in [0.5, 0.6) is 0 Å². The highest BCUT2D eigenvalue weighted by atomic mass is 16.9. The second-order valence-corrected chi connectivity index (χ2v) is 6.89. The predicted octanol–water partition coefficient (Wildman–Crippen LogP) is 4.28. The van der Waals surface area contributed by atoms with Gasteiger partial charge in [0, 0.05) is 19.8 Å². The number of unbranched alkanes of at least 4 members (excludes halogenated alkanes) is 3. The zero-order chi connectivity index (χ0) is 20.7. The van der Waals surface area contributed by atoms with Crippen molar-refractivity contribution in [1.82, 2.24) is 0 Å². The summed E-state index contributed by atoms with van der Waals surface area (Å²) in [6.45, 7) is 10.5. The Morgan fingerprint density at radius 3 is 1.89 bits per heavy atom. The number of aliphatic carboxylic acids is 1.